The van der Waals surface area contributed by atoms with Crippen LogP contribution in [0, 0.1) is 17.3 Å². The molecule has 3 rings (SSSR count). The Kier molecular flexibility index (Phi) is 11.6. The van der Waals surface area contributed by atoms with Gasteiger partial charge in [0.2, 0.25) is 0 Å². The number of aliphatic carboxylic acids is 2. The number of nitrogens with one attached hydrogen (secondary N) is 3. The molecule has 0 aromatic carbocycles. The minimum absolute atomic E-state index is 0. The number of hydrogen-bond donors (Lipinski definition) is 3. The van der Waals surface area contributed by atoms with E-state index in [2.05, 4.69) is 17.1 Å². The summed E-state index contributed by atoms with van der Waals surface area (Å²) in [5.41, 5.74) is 13.0. The van der Waals surface area contributed by atoms with Crippen molar-refractivity contribution in [2.24, 2.45) is 22.4 Å². The summed E-state index contributed by atoms with van der Waals surface area (Å²) < 4.78 is 0. The Balaban J connectivity index is 0.000000543. The normalized spacial score (nSPS) is 21.8. The summed E-state index contributed by atoms with van der Waals surface area (Å²) in [7, 11) is 0. The Hall–Kier alpha value is -2.56. The van der Waals surface area contributed by atoms with Gasteiger partial charge < -0.3 is 36.7 Å². The van der Waals surface area contributed by atoms with Crippen LogP contribution in [0.25, 0.3) is 11.5 Å². The van der Waals surface area contributed by atoms with E-state index in [9.17, 15) is 19.2 Å². The molecule has 1 heterocycles. The molecular formula is C21H29N5O7Pt. The van der Waals surface area contributed by atoms with Crippen LogP contribution in [-0.2, 0) is 45.1 Å². The number of carboxylic acid groups (broad SMARTS) is 2. The summed E-state index contributed by atoms with van der Waals surface area (Å²) in [6.45, 7) is 4.85. The molecule has 0 saturated heterocycles. The van der Waals surface area contributed by atoms with Gasteiger partial charge in [-0.1, -0.05) is 36.4 Å². The monoisotopic (exact) mass is 658 g/mol. The number of allylic oxidation sites excluding steroid dienone is 1. The second-order valence-corrected chi connectivity index (χ2v) is 8.15. The summed E-state index contributed by atoms with van der Waals surface area (Å²) in [5.74, 6) is -2.38. The summed E-state index contributed by atoms with van der Waals surface area (Å²) in [6.07, 6.45) is 4.85. The topological polar surface area (TPSA) is 193 Å². The SMILES string of the molecule is C=C1C=CC(=O)N1CCNC(=O)CON=C1CC(C(=O)O)(C(=O)O)C1.[NH-]C[C@@H]1CC[C@H]1C[NH-].[Pt+2]. The summed E-state index contributed by atoms with van der Waals surface area (Å²) in [6, 6.07) is 0. The third-order valence-corrected chi connectivity index (χ3v) is 6.01. The molecular weight excluding hydrogens is 629 g/mol. The Bertz CT molecular complexity index is 804. The van der Waals surface area contributed by atoms with E-state index < -0.39 is 29.9 Å². The van der Waals surface area contributed by atoms with E-state index in [0.717, 1.165) is 0 Å². The minimum atomic E-state index is -1.86. The molecule has 0 aromatic heterocycles. The molecule has 0 aromatic rings. The van der Waals surface area contributed by atoms with E-state index in [1.807, 2.05) is 0 Å². The van der Waals surface area contributed by atoms with Crippen molar-refractivity contribution in [2.45, 2.75) is 25.7 Å². The Morgan fingerprint density at radius 1 is 1.15 bits per heavy atom. The molecule has 0 radical (unpaired) electrons. The van der Waals surface area contributed by atoms with Gasteiger partial charge in [0.15, 0.2) is 12.0 Å². The number of carbonyl (C=O) groups excluding carboxylic acids is 2. The number of carboxylic acids is 2. The second-order valence-electron chi connectivity index (χ2n) is 8.15. The van der Waals surface area contributed by atoms with Crippen LogP contribution in [0.15, 0.2) is 29.6 Å². The average Bonchev–Trinajstić information content (AvgIpc) is 3.01. The van der Waals surface area contributed by atoms with Crippen molar-refractivity contribution in [3.63, 3.8) is 0 Å². The first-order valence-electron chi connectivity index (χ1n) is 10.5. The van der Waals surface area contributed by atoms with Crippen molar-refractivity contribution in [1.82, 2.24) is 10.2 Å². The molecule has 2 amide bonds. The summed E-state index contributed by atoms with van der Waals surface area (Å²) in [5, 5.41) is 24.0. The fourth-order valence-electron chi connectivity index (χ4n) is 3.56. The van der Waals surface area contributed by atoms with E-state index in [-0.39, 0.29) is 58.6 Å². The molecule has 0 unspecified atom stereocenters. The van der Waals surface area contributed by atoms with Crippen LogP contribution in [0.4, 0.5) is 0 Å². The van der Waals surface area contributed by atoms with E-state index in [4.69, 9.17) is 26.5 Å². The van der Waals surface area contributed by atoms with Gasteiger partial charge in [0, 0.05) is 37.7 Å². The molecule has 12 nitrogen and oxygen atoms in total. The largest absolute Gasteiger partial charge is 2.00 e. The van der Waals surface area contributed by atoms with Crippen LogP contribution in [0.1, 0.15) is 25.7 Å². The van der Waals surface area contributed by atoms with E-state index >= 15 is 0 Å². The molecule has 0 spiro atoms. The van der Waals surface area contributed by atoms with Crippen molar-refractivity contribution in [3.05, 3.63) is 35.9 Å². The zero-order valence-electron chi connectivity index (χ0n) is 18.5. The third kappa shape index (κ3) is 7.22. The predicted octanol–water partition coefficient (Wildman–Crippen LogP) is 1.45. The maximum Gasteiger partial charge on any atom is 2.00 e. The number of oxime groups is 1. The molecule has 3 aliphatic rings. The Morgan fingerprint density at radius 3 is 2.12 bits per heavy atom. The number of hydrogen-bond acceptors (Lipinski definition) is 6. The zero-order valence-corrected chi connectivity index (χ0v) is 20.8. The molecule has 1 aliphatic heterocycles. The summed E-state index contributed by atoms with van der Waals surface area (Å²) >= 11 is 0. The standard InChI is InChI=1S/C15H17N3O7.C6H12N2.Pt/c1-9-2-3-12(20)18(9)5-4-16-11(19)8-25-17-10-6-15(7-10,13(21)22)14(23)24;7-3-5-1-2-6(5)4-8;/h2-3H,1,4-8H2,(H,16,19)(H,21,22)(H,23,24);5-8H,1-4H2;/q;-2;+2/t;5-,6-;/m.0./s1. The smallest absolute Gasteiger partial charge is 0.677 e. The van der Waals surface area contributed by atoms with Gasteiger partial charge in [-0.2, -0.15) is 0 Å². The number of nitrogens with zero attached hydrogens (tertiary/aromatic N) is 2. The predicted molar refractivity (Wildman–Crippen MR) is 118 cm³/mol. The molecule has 2 atom stereocenters. The van der Waals surface area contributed by atoms with Crippen LogP contribution in [0.3, 0.4) is 0 Å². The Morgan fingerprint density at radius 2 is 1.71 bits per heavy atom. The average molecular weight is 659 g/mol. The molecule has 5 N–H and O–H groups in total. The van der Waals surface area contributed by atoms with Gasteiger partial charge in [-0.3, -0.25) is 19.2 Å². The number of amides is 2. The van der Waals surface area contributed by atoms with Crippen molar-refractivity contribution in [2.75, 3.05) is 32.8 Å². The van der Waals surface area contributed by atoms with E-state index in [1.54, 1.807) is 6.08 Å². The molecule has 0 bridgehead atoms. The maximum atomic E-state index is 11.6. The molecule has 190 valence electrons. The third-order valence-electron chi connectivity index (χ3n) is 6.01. The van der Waals surface area contributed by atoms with Crippen molar-refractivity contribution >= 4 is 29.5 Å². The fraction of sp³-hybridized carbons (Fsp3) is 0.571. The molecule has 2 fully saturated rings. The van der Waals surface area contributed by atoms with Crippen LogP contribution in [0.5, 0.6) is 0 Å². The van der Waals surface area contributed by atoms with Gasteiger partial charge in [0.1, 0.15) is 0 Å². The van der Waals surface area contributed by atoms with Gasteiger partial charge in [0.25, 0.3) is 11.8 Å². The van der Waals surface area contributed by atoms with Crippen LogP contribution >= 0.6 is 0 Å². The van der Waals surface area contributed by atoms with Gasteiger partial charge in [-0.05, 0) is 6.08 Å². The molecule has 13 heteroatoms. The van der Waals surface area contributed by atoms with Crippen LogP contribution in [0.2, 0.25) is 0 Å². The van der Waals surface area contributed by atoms with Crippen LogP contribution < -0.4 is 5.32 Å². The number of carbonyl (C=O) groups is 4. The van der Waals surface area contributed by atoms with Crippen molar-refractivity contribution in [1.29, 1.82) is 0 Å². The van der Waals surface area contributed by atoms with E-state index in [1.165, 1.54) is 23.8 Å². The first-order valence-corrected chi connectivity index (χ1v) is 10.5. The molecule has 2 aliphatic carbocycles. The Labute approximate surface area is 211 Å². The molecule has 34 heavy (non-hydrogen) atoms. The summed E-state index contributed by atoms with van der Waals surface area (Å²) in [4.78, 5) is 51.2. The fourth-order valence-corrected chi connectivity index (χ4v) is 3.56. The van der Waals surface area contributed by atoms with Crippen LogP contribution in [-0.4, -0.2) is 77.4 Å². The quantitative estimate of drug-likeness (QED) is 0.234. The second kappa shape index (κ2) is 13.4. The van der Waals surface area contributed by atoms with Gasteiger partial charge >= 0.3 is 33.0 Å². The first-order chi connectivity index (χ1) is 15.6. The molecule has 2 saturated carbocycles. The van der Waals surface area contributed by atoms with Gasteiger partial charge in [0.05, 0.1) is 5.71 Å². The first kappa shape index (κ1) is 29.5. The minimum Gasteiger partial charge on any atom is -0.677 e. The van der Waals surface area contributed by atoms with Crippen molar-refractivity contribution in [3.8, 4) is 0 Å². The zero-order chi connectivity index (χ0) is 24.6. The number of rotatable bonds is 10. The van der Waals surface area contributed by atoms with Gasteiger partial charge in [-0.25, -0.2) is 0 Å². The van der Waals surface area contributed by atoms with Crippen molar-refractivity contribution < 1.29 is 55.3 Å². The van der Waals surface area contributed by atoms with Gasteiger partial charge in [-0.15, -0.1) is 13.1 Å². The van der Waals surface area contributed by atoms with E-state index in [0.29, 0.717) is 30.6 Å². The maximum absolute atomic E-state index is 11.6.